The van der Waals surface area contributed by atoms with E-state index < -0.39 is 71.4 Å². The first-order valence-electron chi connectivity index (χ1n) is 19.3. The van der Waals surface area contributed by atoms with E-state index in [1.807, 2.05) is 97.9 Å². The van der Waals surface area contributed by atoms with Crippen molar-refractivity contribution in [2.45, 2.75) is 104 Å². The van der Waals surface area contributed by atoms with Crippen LogP contribution in [0.1, 0.15) is 84.6 Å². The van der Waals surface area contributed by atoms with Gasteiger partial charge in [-0.05, 0) is 77.2 Å². The minimum absolute atomic E-state index is 0.302. The number of ether oxygens (including phenoxy) is 4. The number of carbonyl (C=O) groups excluding carboxylic acids is 5. The van der Waals surface area contributed by atoms with E-state index in [-0.39, 0.29) is 5.76 Å². The molecule has 0 fully saturated rings. The second kappa shape index (κ2) is 20.3. The molecule has 0 spiro atoms. The average Bonchev–Trinajstić information content (AvgIpc) is 3.15. The molecule has 58 heavy (non-hydrogen) atoms. The smallest absolute Gasteiger partial charge is 0.414 e. The first kappa shape index (κ1) is 44.5. The van der Waals surface area contributed by atoms with Crippen LogP contribution >= 0.6 is 0 Å². The SMILES string of the molecule is CCCN(CCc1ccccc1)C(=O)[C@@H]1OC(C(=O)OC(c2ccccc2)c2ccccc2)=C[C@H](N=C(NC(=O)OC(C)(C)C)NC(=O)OC(C)(C)C)[C@H]1NC(C)=O. The summed E-state index contributed by atoms with van der Waals surface area (Å²) >= 11 is 0. The van der Waals surface area contributed by atoms with Crippen LogP contribution in [0.15, 0.2) is 108 Å². The Morgan fingerprint density at radius 3 is 1.72 bits per heavy atom. The number of hydrogen-bond donors (Lipinski definition) is 3. The van der Waals surface area contributed by atoms with Crippen LogP contribution in [0.4, 0.5) is 9.59 Å². The van der Waals surface area contributed by atoms with E-state index in [0.29, 0.717) is 37.1 Å². The average molecular weight is 798 g/mol. The molecule has 1 heterocycles. The highest BCUT2D eigenvalue weighted by molar-refractivity contribution is 6.01. The maximum absolute atomic E-state index is 14.7. The second-order valence-electron chi connectivity index (χ2n) is 15.7. The van der Waals surface area contributed by atoms with Crippen molar-refractivity contribution in [2.24, 2.45) is 4.99 Å². The van der Waals surface area contributed by atoms with Crippen LogP contribution in [-0.4, -0.2) is 83.3 Å². The molecular weight excluding hydrogens is 743 g/mol. The number of rotatable bonds is 12. The predicted octanol–water partition coefficient (Wildman–Crippen LogP) is 6.36. The van der Waals surface area contributed by atoms with Crippen LogP contribution < -0.4 is 16.0 Å². The Bertz CT molecular complexity index is 1850. The van der Waals surface area contributed by atoms with Crippen molar-refractivity contribution < 1.29 is 42.9 Å². The van der Waals surface area contributed by atoms with Gasteiger partial charge >= 0.3 is 18.2 Å². The standard InChI is InChI=1S/C44H55N5O9/c1-9-26-49(27-25-30-19-13-10-14-20-30)38(51)37-35(45-29(2)50)33(46-40(47-41(53)57-43(3,4)5)48-42(54)58-44(6,7)8)28-34(55-37)39(52)56-36(31-21-15-11-16-22-31)32-23-17-12-18-24-32/h10-24,28,33,35-37H,9,25-27H2,1-8H3,(H,45,50)(H2,46,47,48,53,54)/t33-,35+,37+/m0/s1. The van der Waals surface area contributed by atoms with Gasteiger partial charge in [-0.15, -0.1) is 0 Å². The molecule has 0 saturated heterocycles. The highest BCUT2D eigenvalue weighted by Crippen LogP contribution is 2.30. The highest BCUT2D eigenvalue weighted by atomic mass is 16.6. The molecule has 3 N–H and O–H groups in total. The van der Waals surface area contributed by atoms with Gasteiger partial charge in [-0.3, -0.25) is 20.2 Å². The predicted molar refractivity (Wildman–Crippen MR) is 218 cm³/mol. The van der Waals surface area contributed by atoms with Gasteiger partial charge in [0.15, 0.2) is 12.2 Å². The van der Waals surface area contributed by atoms with Crippen LogP contribution in [0.5, 0.6) is 0 Å². The van der Waals surface area contributed by atoms with Crippen molar-refractivity contribution in [2.75, 3.05) is 13.1 Å². The van der Waals surface area contributed by atoms with Gasteiger partial charge in [-0.1, -0.05) is 97.9 Å². The zero-order valence-electron chi connectivity index (χ0n) is 34.4. The number of nitrogens with zero attached hydrogens (tertiary/aromatic N) is 2. The van der Waals surface area contributed by atoms with Gasteiger partial charge in [-0.25, -0.2) is 19.4 Å². The number of amides is 4. The van der Waals surface area contributed by atoms with Crippen LogP contribution in [0.25, 0.3) is 0 Å². The molecule has 1 aliphatic rings. The first-order valence-corrected chi connectivity index (χ1v) is 19.3. The molecule has 3 atom stereocenters. The number of nitrogens with one attached hydrogen (secondary N) is 3. The van der Waals surface area contributed by atoms with Gasteiger partial charge in [0.2, 0.25) is 17.6 Å². The Balaban J connectivity index is 1.84. The lowest BCUT2D eigenvalue weighted by molar-refractivity contribution is -0.154. The largest absolute Gasteiger partial charge is 0.471 e. The van der Waals surface area contributed by atoms with Gasteiger partial charge in [0, 0.05) is 20.0 Å². The van der Waals surface area contributed by atoms with Crippen molar-refractivity contribution >= 4 is 35.9 Å². The summed E-state index contributed by atoms with van der Waals surface area (Å²) in [5.41, 5.74) is 0.506. The summed E-state index contributed by atoms with van der Waals surface area (Å²) in [5.74, 6) is -2.81. The van der Waals surface area contributed by atoms with Crippen molar-refractivity contribution in [1.82, 2.24) is 20.9 Å². The maximum Gasteiger partial charge on any atom is 0.414 e. The summed E-state index contributed by atoms with van der Waals surface area (Å²) in [5, 5.41) is 7.65. The van der Waals surface area contributed by atoms with Crippen LogP contribution in [0.3, 0.4) is 0 Å². The first-order chi connectivity index (χ1) is 27.4. The van der Waals surface area contributed by atoms with E-state index in [4.69, 9.17) is 18.9 Å². The molecule has 0 saturated carbocycles. The topological polar surface area (TPSA) is 174 Å². The zero-order chi connectivity index (χ0) is 42.5. The summed E-state index contributed by atoms with van der Waals surface area (Å²) in [6.45, 7) is 13.8. The number of benzene rings is 3. The fourth-order valence-corrected chi connectivity index (χ4v) is 6.01. The molecule has 4 rings (SSSR count). The molecule has 14 heteroatoms. The summed E-state index contributed by atoms with van der Waals surface area (Å²) in [4.78, 5) is 74.2. The number of carbonyl (C=O) groups is 5. The third-order valence-electron chi connectivity index (χ3n) is 8.35. The van der Waals surface area contributed by atoms with E-state index in [1.54, 1.807) is 46.4 Å². The molecule has 0 radical (unpaired) electrons. The summed E-state index contributed by atoms with van der Waals surface area (Å²) in [6.07, 6.45) is -1.91. The van der Waals surface area contributed by atoms with E-state index in [1.165, 1.54) is 13.0 Å². The van der Waals surface area contributed by atoms with E-state index >= 15 is 0 Å². The molecule has 14 nitrogen and oxygen atoms in total. The summed E-state index contributed by atoms with van der Waals surface area (Å²) < 4.78 is 23.3. The normalized spacial score (nSPS) is 16.4. The molecule has 310 valence electrons. The van der Waals surface area contributed by atoms with Crippen LogP contribution in [0.2, 0.25) is 0 Å². The van der Waals surface area contributed by atoms with E-state index in [9.17, 15) is 24.0 Å². The third kappa shape index (κ3) is 14.1. The van der Waals surface area contributed by atoms with Crippen LogP contribution in [0, 0.1) is 0 Å². The lowest BCUT2D eigenvalue weighted by atomic mass is 9.96. The Labute approximate surface area is 340 Å². The van der Waals surface area contributed by atoms with Gasteiger partial charge in [-0.2, -0.15) is 0 Å². The number of hydrogen-bond acceptors (Lipinski definition) is 10. The summed E-state index contributed by atoms with van der Waals surface area (Å²) in [7, 11) is 0. The molecule has 4 amide bonds. The molecule has 0 aromatic heterocycles. The molecule has 0 aliphatic carbocycles. The molecule has 0 unspecified atom stereocenters. The van der Waals surface area contributed by atoms with Gasteiger partial charge in [0.1, 0.15) is 23.3 Å². The van der Waals surface area contributed by atoms with Crippen molar-refractivity contribution in [3.05, 3.63) is 120 Å². The third-order valence-corrected chi connectivity index (χ3v) is 8.35. The van der Waals surface area contributed by atoms with Crippen molar-refractivity contribution in [1.29, 1.82) is 0 Å². The fraction of sp³-hybridized carbons (Fsp3) is 0.409. The lowest BCUT2D eigenvalue weighted by Gasteiger charge is -2.37. The Morgan fingerprint density at radius 2 is 1.26 bits per heavy atom. The number of alkyl carbamates (subject to hydrolysis) is 2. The lowest BCUT2D eigenvalue weighted by Crippen LogP contribution is -2.59. The van der Waals surface area contributed by atoms with Crippen LogP contribution in [-0.2, 0) is 39.8 Å². The second-order valence-corrected chi connectivity index (χ2v) is 15.7. The van der Waals surface area contributed by atoms with Gasteiger partial charge in [0.25, 0.3) is 5.91 Å². The molecular formula is C44H55N5O9. The van der Waals surface area contributed by atoms with Crippen molar-refractivity contribution in [3.8, 4) is 0 Å². The quantitative estimate of drug-likeness (QED) is 0.0816. The summed E-state index contributed by atoms with van der Waals surface area (Å²) in [6, 6.07) is 25.3. The van der Waals surface area contributed by atoms with Gasteiger partial charge < -0.3 is 29.2 Å². The van der Waals surface area contributed by atoms with E-state index in [0.717, 1.165) is 5.56 Å². The maximum atomic E-state index is 14.7. The monoisotopic (exact) mass is 797 g/mol. The van der Waals surface area contributed by atoms with E-state index in [2.05, 4.69) is 20.9 Å². The molecule has 3 aromatic rings. The number of guanidine groups is 1. The Kier molecular flexibility index (Phi) is 15.6. The van der Waals surface area contributed by atoms with Crippen molar-refractivity contribution in [3.63, 3.8) is 0 Å². The Morgan fingerprint density at radius 1 is 0.759 bits per heavy atom. The fourth-order valence-electron chi connectivity index (χ4n) is 6.01. The highest BCUT2D eigenvalue weighted by Gasteiger charge is 2.44. The molecule has 1 aliphatic heterocycles. The number of esters is 1. The van der Waals surface area contributed by atoms with Gasteiger partial charge in [0.05, 0.1) is 0 Å². The Hall–Kier alpha value is -6.18. The number of aliphatic imine (C=N–C) groups is 1. The minimum Gasteiger partial charge on any atom is -0.471 e. The molecule has 0 bridgehead atoms. The zero-order valence-corrected chi connectivity index (χ0v) is 34.4. The minimum atomic E-state index is -1.51. The molecule has 3 aromatic carbocycles.